The zero-order valence-corrected chi connectivity index (χ0v) is 16.9. The average molecular weight is 409 g/mol. The lowest BCUT2D eigenvalue weighted by Gasteiger charge is -2.11. The molecule has 0 saturated carbocycles. The van der Waals surface area contributed by atoms with Crippen molar-refractivity contribution in [3.63, 3.8) is 0 Å². The Hall–Kier alpha value is -3.31. The minimum Gasteiger partial charge on any atom is -0.483 e. The van der Waals surface area contributed by atoms with Crippen LogP contribution in [0.5, 0.6) is 5.75 Å². The molecule has 0 heterocycles. The Morgan fingerprint density at radius 2 is 1.62 bits per heavy atom. The summed E-state index contributed by atoms with van der Waals surface area (Å²) in [6.07, 6.45) is 0. The predicted molar refractivity (Wildman–Crippen MR) is 116 cm³/mol. The molecule has 0 aliphatic carbocycles. The molecular weight excluding hydrogens is 388 g/mol. The molecular formula is C23H21ClN2O3. The van der Waals surface area contributed by atoms with Crippen LogP contribution in [0.4, 0.5) is 11.4 Å². The van der Waals surface area contributed by atoms with Crippen LogP contribution in [0.15, 0.2) is 66.7 Å². The summed E-state index contributed by atoms with van der Waals surface area (Å²) >= 11 is 5.93. The first-order valence-corrected chi connectivity index (χ1v) is 9.45. The Balaban J connectivity index is 1.59. The standard InChI is InChI=1S/C23H21ClN2O3/c1-15-9-10-21(16(2)11-15)29-14-22(27)25-19-7-4-8-20(13-19)26-23(28)17-5-3-6-18(24)12-17/h3-13H,14H2,1-2H3,(H,25,27)(H,26,28). The van der Waals surface area contributed by atoms with Crippen LogP contribution in [0.3, 0.4) is 0 Å². The molecule has 3 aromatic rings. The van der Waals surface area contributed by atoms with E-state index in [1.807, 2.05) is 32.0 Å². The van der Waals surface area contributed by atoms with Crippen molar-refractivity contribution in [2.45, 2.75) is 13.8 Å². The number of carbonyl (C=O) groups is 2. The quantitative estimate of drug-likeness (QED) is 0.587. The number of carbonyl (C=O) groups excluding carboxylic acids is 2. The number of anilines is 2. The third-order valence-corrected chi connectivity index (χ3v) is 4.42. The van der Waals surface area contributed by atoms with Gasteiger partial charge in [0, 0.05) is 22.0 Å². The minimum absolute atomic E-state index is 0.108. The Kier molecular flexibility index (Phi) is 6.52. The SMILES string of the molecule is Cc1ccc(OCC(=O)Nc2cccc(NC(=O)c3cccc(Cl)c3)c2)c(C)c1. The number of hydrogen-bond acceptors (Lipinski definition) is 3. The maximum atomic E-state index is 12.3. The summed E-state index contributed by atoms with van der Waals surface area (Å²) in [4.78, 5) is 24.6. The highest BCUT2D eigenvalue weighted by molar-refractivity contribution is 6.31. The summed E-state index contributed by atoms with van der Waals surface area (Å²) in [7, 11) is 0. The van der Waals surface area contributed by atoms with Crippen molar-refractivity contribution in [1.82, 2.24) is 0 Å². The lowest BCUT2D eigenvalue weighted by atomic mass is 10.1. The van der Waals surface area contributed by atoms with E-state index in [0.717, 1.165) is 11.1 Å². The van der Waals surface area contributed by atoms with Gasteiger partial charge in [0.15, 0.2) is 6.61 Å². The van der Waals surface area contributed by atoms with Crippen molar-refractivity contribution < 1.29 is 14.3 Å². The summed E-state index contributed by atoms with van der Waals surface area (Å²) in [6, 6.07) is 19.4. The fourth-order valence-corrected chi connectivity index (χ4v) is 3.00. The topological polar surface area (TPSA) is 67.4 Å². The highest BCUT2D eigenvalue weighted by atomic mass is 35.5. The van der Waals surface area contributed by atoms with E-state index in [4.69, 9.17) is 16.3 Å². The van der Waals surface area contributed by atoms with Gasteiger partial charge in [0.25, 0.3) is 11.8 Å². The van der Waals surface area contributed by atoms with Crippen LogP contribution >= 0.6 is 11.6 Å². The fourth-order valence-electron chi connectivity index (χ4n) is 2.81. The number of ether oxygens (including phenoxy) is 1. The fraction of sp³-hybridized carbons (Fsp3) is 0.130. The second kappa shape index (κ2) is 9.26. The van der Waals surface area contributed by atoms with Crippen LogP contribution in [0.1, 0.15) is 21.5 Å². The zero-order valence-electron chi connectivity index (χ0n) is 16.2. The van der Waals surface area contributed by atoms with Crippen molar-refractivity contribution >= 4 is 34.8 Å². The monoisotopic (exact) mass is 408 g/mol. The van der Waals surface area contributed by atoms with E-state index < -0.39 is 0 Å². The third-order valence-electron chi connectivity index (χ3n) is 4.18. The van der Waals surface area contributed by atoms with E-state index in [1.54, 1.807) is 48.5 Å². The molecule has 0 bridgehead atoms. The Labute approximate surface area is 174 Å². The smallest absolute Gasteiger partial charge is 0.262 e. The van der Waals surface area contributed by atoms with Crippen LogP contribution in [0.25, 0.3) is 0 Å². The summed E-state index contributed by atoms with van der Waals surface area (Å²) in [6.45, 7) is 3.83. The van der Waals surface area contributed by atoms with Gasteiger partial charge in [0.05, 0.1) is 0 Å². The largest absolute Gasteiger partial charge is 0.483 e. The molecule has 0 saturated heterocycles. The van der Waals surface area contributed by atoms with Crippen molar-refractivity contribution in [3.05, 3.63) is 88.4 Å². The normalized spacial score (nSPS) is 10.3. The van der Waals surface area contributed by atoms with Gasteiger partial charge in [-0.2, -0.15) is 0 Å². The number of rotatable bonds is 6. The lowest BCUT2D eigenvalue weighted by molar-refractivity contribution is -0.118. The Bertz CT molecular complexity index is 1050. The van der Waals surface area contributed by atoms with Gasteiger partial charge in [-0.25, -0.2) is 0 Å². The predicted octanol–water partition coefficient (Wildman–Crippen LogP) is 5.23. The second-order valence-electron chi connectivity index (χ2n) is 6.65. The number of benzene rings is 3. The summed E-state index contributed by atoms with van der Waals surface area (Å²) < 4.78 is 5.60. The first-order chi connectivity index (χ1) is 13.9. The Morgan fingerprint density at radius 3 is 2.34 bits per heavy atom. The van der Waals surface area contributed by atoms with E-state index >= 15 is 0 Å². The van der Waals surface area contributed by atoms with E-state index in [-0.39, 0.29) is 18.4 Å². The van der Waals surface area contributed by atoms with Gasteiger partial charge in [-0.3, -0.25) is 9.59 Å². The molecule has 29 heavy (non-hydrogen) atoms. The number of hydrogen-bond donors (Lipinski definition) is 2. The molecule has 0 radical (unpaired) electrons. The van der Waals surface area contributed by atoms with Crippen LogP contribution < -0.4 is 15.4 Å². The molecule has 6 heteroatoms. The van der Waals surface area contributed by atoms with E-state index in [2.05, 4.69) is 10.6 Å². The molecule has 3 rings (SSSR count). The summed E-state index contributed by atoms with van der Waals surface area (Å²) in [5, 5.41) is 6.05. The van der Waals surface area contributed by atoms with Crippen molar-refractivity contribution in [2.75, 3.05) is 17.2 Å². The van der Waals surface area contributed by atoms with Gasteiger partial charge in [-0.05, 0) is 61.9 Å². The molecule has 0 fully saturated rings. The summed E-state index contributed by atoms with van der Waals surface area (Å²) in [5.74, 6) is 0.103. The highest BCUT2D eigenvalue weighted by Gasteiger charge is 2.09. The van der Waals surface area contributed by atoms with Crippen molar-refractivity contribution in [1.29, 1.82) is 0 Å². The summed E-state index contributed by atoms with van der Waals surface area (Å²) in [5.41, 5.74) is 3.68. The number of halogens is 1. The lowest BCUT2D eigenvalue weighted by Crippen LogP contribution is -2.20. The first-order valence-electron chi connectivity index (χ1n) is 9.07. The molecule has 3 aromatic carbocycles. The van der Waals surface area contributed by atoms with Gasteiger partial charge in [-0.1, -0.05) is 41.4 Å². The maximum absolute atomic E-state index is 12.3. The van der Waals surface area contributed by atoms with Crippen molar-refractivity contribution in [2.24, 2.45) is 0 Å². The van der Waals surface area contributed by atoms with Gasteiger partial charge in [-0.15, -0.1) is 0 Å². The van der Waals surface area contributed by atoms with Crippen LogP contribution in [-0.2, 0) is 4.79 Å². The molecule has 0 aliphatic heterocycles. The average Bonchev–Trinajstić information content (AvgIpc) is 2.67. The second-order valence-corrected chi connectivity index (χ2v) is 7.09. The molecule has 0 aromatic heterocycles. The van der Waals surface area contributed by atoms with E-state index in [1.165, 1.54) is 0 Å². The van der Waals surface area contributed by atoms with Gasteiger partial charge in [0.2, 0.25) is 0 Å². The van der Waals surface area contributed by atoms with Gasteiger partial charge < -0.3 is 15.4 Å². The van der Waals surface area contributed by atoms with Crippen LogP contribution in [0, 0.1) is 13.8 Å². The number of nitrogens with one attached hydrogen (secondary N) is 2. The van der Waals surface area contributed by atoms with Crippen LogP contribution in [-0.4, -0.2) is 18.4 Å². The number of aryl methyl sites for hydroxylation is 2. The Morgan fingerprint density at radius 1 is 0.897 bits per heavy atom. The molecule has 5 nitrogen and oxygen atoms in total. The van der Waals surface area contributed by atoms with E-state index in [9.17, 15) is 9.59 Å². The molecule has 0 unspecified atom stereocenters. The molecule has 0 aliphatic rings. The molecule has 0 atom stereocenters. The van der Waals surface area contributed by atoms with E-state index in [0.29, 0.717) is 27.7 Å². The molecule has 2 N–H and O–H groups in total. The number of amides is 2. The molecule has 2 amide bonds. The third kappa shape index (κ3) is 5.83. The van der Waals surface area contributed by atoms with Crippen LogP contribution in [0.2, 0.25) is 5.02 Å². The minimum atomic E-state index is -0.289. The molecule has 148 valence electrons. The highest BCUT2D eigenvalue weighted by Crippen LogP contribution is 2.20. The molecule has 0 spiro atoms. The zero-order chi connectivity index (χ0) is 20.8. The first kappa shape index (κ1) is 20.4. The maximum Gasteiger partial charge on any atom is 0.262 e. The van der Waals surface area contributed by atoms with Crippen molar-refractivity contribution in [3.8, 4) is 5.75 Å². The van der Waals surface area contributed by atoms with Gasteiger partial charge >= 0.3 is 0 Å². The van der Waals surface area contributed by atoms with Gasteiger partial charge in [0.1, 0.15) is 5.75 Å².